The molecule has 0 saturated carbocycles. The Bertz CT molecular complexity index is 865. The fourth-order valence-electron chi connectivity index (χ4n) is 2.88. The number of hydrogen-bond acceptors (Lipinski definition) is 2. The third kappa shape index (κ3) is 1.82. The number of ether oxygens (including phenoxy) is 1. The molecule has 0 aliphatic carbocycles. The second-order valence-corrected chi connectivity index (χ2v) is 5.09. The van der Waals surface area contributed by atoms with E-state index in [-0.39, 0.29) is 0 Å². The van der Waals surface area contributed by atoms with Crippen LogP contribution in [-0.4, -0.2) is 5.97 Å². The SMILES string of the molecule is O=C1OC(c2cccc3ccccc23)c2ccc(F)cc21. The molecule has 102 valence electrons. The number of cyclic esters (lactones) is 1. The Labute approximate surface area is 120 Å². The van der Waals surface area contributed by atoms with E-state index in [4.69, 9.17) is 4.74 Å². The third-order valence-electron chi connectivity index (χ3n) is 3.85. The predicted octanol–water partition coefficient (Wildman–Crippen LogP) is 4.24. The van der Waals surface area contributed by atoms with E-state index in [1.807, 2.05) is 42.5 Å². The minimum Gasteiger partial charge on any atom is -0.449 e. The largest absolute Gasteiger partial charge is 0.449 e. The molecule has 3 aromatic rings. The molecule has 1 aliphatic rings. The molecule has 21 heavy (non-hydrogen) atoms. The van der Waals surface area contributed by atoms with E-state index in [1.165, 1.54) is 12.1 Å². The van der Waals surface area contributed by atoms with Gasteiger partial charge in [0.2, 0.25) is 0 Å². The summed E-state index contributed by atoms with van der Waals surface area (Å²) in [6, 6.07) is 18.1. The average Bonchev–Trinajstić information content (AvgIpc) is 2.83. The van der Waals surface area contributed by atoms with Gasteiger partial charge in [0.05, 0.1) is 5.56 Å². The topological polar surface area (TPSA) is 26.3 Å². The third-order valence-corrected chi connectivity index (χ3v) is 3.85. The maximum Gasteiger partial charge on any atom is 0.339 e. The number of rotatable bonds is 1. The Morgan fingerprint density at radius 1 is 0.905 bits per heavy atom. The summed E-state index contributed by atoms with van der Waals surface area (Å²) in [6.45, 7) is 0. The van der Waals surface area contributed by atoms with Crippen molar-refractivity contribution in [2.24, 2.45) is 0 Å². The molecule has 0 radical (unpaired) electrons. The Hall–Kier alpha value is -2.68. The highest BCUT2D eigenvalue weighted by Gasteiger charge is 2.33. The maximum absolute atomic E-state index is 13.3. The van der Waals surface area contributed by atoms with E-state index in [0.717, 1.165) is 21.9 Å². The Morgan fingerprint density at radius 3 is 2.62 bits per heavy atom. The molecular weight excluding hydrogens is 267 g/mol. The summed E-state index contributed by atoms with van der Waals surface area (Å²) in [6.07, 6.45) is -0.473. The molecule has 0 aromatic heterocycles. The number of benzene rings is 3. The summed E-state index contributed by atoms with van der Waals surface area (Å²) in [5.41, 5.74) is 1.96. The first kappa shape index (κ1) is 12.1. The maximum atomic E-state index is 13.3. The van der Waals surface area contributed by atoms with Gasteiger partial charge in [-0.3, -0.25) is 0 Å². The second-order valence-electron chi connectivity index (χ2n) is 5.09. The van der Waals surface area contributed by atoms with Crippen molar-refractivity contribution in [2.45, 2.75) is 6.10 Å². The average molecular weight is 278 g/mol. The van der Waals surface area contributed by atoms with E-state index < -0.39 is 17.9 Å². The number of fused-ring (bicyclic) bond motifs is 2. The Morgan fingerprint density at radius 2 is 1.71 bits per heavy atom. The first-order chi connectivity index (χ1) is 10.2. The molecule has 0 amide bonds. The van der Waals surface area contributed by atoms with Gasteiger partial charge in [-0.2, -0.15) is 0 Å². The van der Waals surface area contributed by atoms with Gasteiger partial charge in [-0.05, 0) is 22.9 Å². The minimum atomic E-state index is -0.473. The zero-order valence-electron chi connectivity index (χ0n) is 11.0. The first-order valence-corrected chi connectivity index (χ1v) is 6.72. The van der Waals surface area contributed by atoms with Gasteiger partial charge >= 0.3 is 5.97 Å². The van der Waals surface area contributed by atoms with E-state index in [9.17, 15) is 9.18 Å². The molecule has 4 rings (SSSR count). The number of hydrogen-bond donors (Lipinski definition) is 0. The van der Waals surface area contributed by atoms with E-state index in [1.54, 1.807) is 6.07 Å². The quantitative estimate of drug-likeness (QED) is 0.622. The van der Waals surface area contributed by atoms with E-state index in [0.29, 0.717) is 5.56 Å². The predicted molar refractivity (Wildman–Crippen MR) is 77.6 cm³/mol. The van der Waals surface area contributed by atoms with Gasteiger partial charge in [0.25, 0.3) is 0 Å². The van der Waals surface area contributed by atoms with Crippen LogP contribution >= 0.6 is 0 Å². The molecule has 0 bridgehead atoms. The van der Waals surface area contributed by atoms with Crippen molar-refractivity contribution in [3.63, 3.8) is 0 Å². The molecule has 1 heterocycles. The summed E-state index contributed by atoms with van der Waals surface area (Å²) >= 11 is 0. The van der Waals surface area contributed by atoms with Crippen molar-refractivity contribution < 1.29 is 13.9 Å². The van der Waals surface area contributed by atoms with Crippen molar-refractivity contribution in [2.75, 3.05) is 0 Å². The lowest BCUT2D eigenvalue weighted by atomic mass is 9.95. The lowest BCUT2D eigenvalue weighted by Crippen LogP contribution is -2.01. The monoisotopic (exact) mass is 278 g/mol. The van der Waals surface area contributed by atoms with Crippen molar-refractivity contribution in [1.82, 2.24) is 0 Å². The highest BCUT2D eigenvalue weighted by Crippen LogP contribution is 2.38. The fraction of sp³-hybridized carbons (Fsp3) is 0.0556. The molecule has 3 heteroatoms. The summed E-state index contributed by atoms with van der Waals surface area (Å²) in [7, 11) is 0. The van der Waals surface area contributed by atoms with Crippen molar-refractivity contribution in [3.05, 3.63) is 83.2 Å². The number of halogens is 1. The standard InChI is InChI=1S/C18H11FO2/c19-12-8-9-15-16(10-12)18(20)21-17(15)14-7-3-5-11-4-1-2-6-13(11)14/h1-10,17H. The smallest absolute Gasteiger partial charge is 0.339 e. The van der Waals surface area contributed by atoms with Crippen LogP contribution in [0.5, 0.6) is 0 Å². The zero-order valence-corrected chi connectivity index (χ0v) is 11.0. The van der Waals surface area contributed by atoms with Crippen LogP contribution in [0.3, 0.4) is 0 Å². The molecule has 3 aromatic carbocycles. The first-order valence-electron chi connectivity index (χ1n) is 6.72. The number of carbonyl (C=O) groups excluding carboxylic acids is 1. The summed E-state index contributed by atoms with van der Waals surface area (Å²) in [5, 5.41) is 2.12. The summed E-state index contributed by atoms with van der Waals surface area (Å²) < 4.78 is 18.8. The van der Waals surface area contributed by atoms with Crippen LogP contribution < -0.4 is 0 Å². The molecule has 1 unspecified atom stereocenters. The highest BCUT2D eigenvalue weighted by molar-refractivity contribution is 5.96. The van der Waals surface area contributed by atoms with Gasteiger partial charge in [-0.1, -0.05) is 48.5 Å². The number of carbonyl (C=O) groups is 1. The van der Waals surface area contributed by atoms with Crippen LogP contribution in [0.25, 0.3) is 10.8 Å². The van der Waals surface area contributed by atoms with Crippen LogP contribution in [0.2, 0.25) is 0 Å². The van der Waals surface area contributed by atoms with Crippen molar-refractivity contribution >= 4 is 16.7 Å². The normalized spacial score (nSPS) is 16.8. The number of esters is 1. The fourth-order valence-corrected chi connectivity index (χ4v) is 2.88. The van der Waals surface area contributed by atoms with E-state index in [2.05, 4.69) is 0 Å². The molecular formula is C18H11FO2. The minimum absolute atomic E-state index is 0.313. The van der Waals surface area contributed by atoms with Crippen molar-refractivity contribution in [3.8, 4) is 0 Å². The Balaban J connectivity index is 1.94. The molecule has 0 spiro atoms. The van der Waals surface area contributed by atoms with Gasteiger partial charge < -0.3 is 4.74 Å². The summed E-state index contributed by atoms with van der Waals surface area (Å²) in [5.74, 6) is -0.897. The van der Waals surface area contributed by atoms with Gasteiger partial charge in [-0.15, -0.1) is 0 Å². The zero-order chi connectivity index (χ0) is 14.4. The summed E-state index contributed by atoms with van der Waals surface area (Å²) in [4.78, 5) is 11.9. The van der Waals surface area contributed by atoms with E-state index >= 15 is 0 Å². The second kappa shape index (κ2) is 4.42. The molecule has 0 saturated heterocycles. The van der Waals surface area contributed by atoms with Crippen LogP contribution in [0.15, 0.2) is 60.7 Å². The lowest BCUT2D eigenvalue weighted by Gasteiger charge is -2.14. The molecule has 1 atom stereocenters. The van der Waals surface area contributed by atoms with Crippen LogP contribution in [0, 0.1) is 5.82 Å². The lowest BCUT2D eigenvalue weighted by molar-refractivity contribution is 0.0458. The van der Waals surface area contributed by atoms with Crippen LogP contribution in [0.4, 0.5) is 4.39 Å². The van der Waals surface area contributed by atoms with Crippen LogP contribution in [0.1, 0.15) is 27.6 Å². The van der Waals surface area contributed by atoms with Gasteiger partial charge in [0, 0.05) is 11.1 Å². The van der Waals surface area contributed by atoms with Gasteiger partial charge in [0.15, 0.2) is 6.10 Å². The van der Waals surface area contributed by atoms with Gasteiger partial charge in [0.1, 0.15) is 5.82 Å². The molecule has 0 fully saturated rings. The molecule has 0 N–H and O–H groups in total. The molecule has 1 aliphatic heterocycles. The van der Waals surface area contributed by atoms with Crippen molar-refractivity contribution in [1.29, 1.82) is 0 Å². The van der Waals surface area contributed by atoms with Gasteiger partial charge in [-0.25, -0.2) is 9.18 Å². The highest BCUT2D eigenvalue weighted by atomic mass is 19.1. The Kier molecular flexibility index (Phi) is 2.54. The molecule has 2 nitrogen and oxygen atoms in total. The van der Waals surface area contributed by atoms with Crippen LogP contribution in [-0.2, 0) is 4.74 Å².